The van der Waals surface area contributed by atoms with Crippen molar-refractivity contribution in [2.75, 3.05) is 27.7 Å². The highest BCUT2D eigenvalue weighted by molar-refractivity contribution is 5.89. The summed E-state index contributed by atoms with van der Waals surface area (Å²) in [6, 6.07) is 6.37. The summed E-state index contributed by atoms with van der Waals surface area (Å²) in [5, 5.41) is 0. The Hall–Kier alpha value is -1.42. The summed E-state index contributed by atoms with van der Waals surface area (Å²) in [4.78, 5) is 12.9. The number of benzene rings is 1. The molecule has 0 bridgehead atoms. The number of likely N-dealkylation sites (N-methyl/N-ethyl adjacent to an activating group) is 1. The Balaban J connectivity index is 2.74. The lowest BCUT2D eigenvalue weighted by molar-refractivity contribution is 0.0600. The first-order valence-corrected chi connectivity index (χ1v) is 5.01. The molecule has 0 saturated heterocycles. The number of alkyl halides is 1. The number of rotatable bonds is 4. The van der Waals surface area contributed by atoms with Gasteiger partial charge < -0.3 is 9.64 Å². The fourth-order valence-electron chi connectivity index (χ4n) is 1.37. The molecule has 88 valence electrons. The van der Waals surface area contributed by atoms with Gasteiger partial charge in [-0.2, -0.15) is 0 Å². The predicted octanol–water partition coefficient (Wildman–Crippen LogP) is 2.05. The minimum absolute atomic E-state index is 0.331. The second-order valence-electron chi connectivity index (χ2n) is 3.84. The predicted molar refractivity (Wildman–Crippen MR) is 60.2 cm³/mol. The van der Waals surface area contributed by atoms with Crippen molar-refractivity contribution in [3.8, 4) is 0 Å². The fraction of sp³-hybridized carbons (Fsp3) is 0.417. The van der Waals surface area contributed by atoms with Crippen LogP contribution in [-0.4, -0.2) is 38.6 Å². The summed E-state index contributed by atoms with van der Waals surface area (Å²) in [6.07, 6.45) is -1.04. The monoisotopic (exact) mass is 225 g/mol. The molecule has 0 aromatic heterocycles. The Morgan fingerprint density at radius 1 is 1.38 bits per heavy atom. The van der Waals surface area contributed by atoms with Crippen LogP contribution in [0.3, 0.4) is 0 Å². The number of carbonyl (C=O) groups excluding carboxylic acids is 1. The highest BCUT2D eigenvalue weighted by Gasteiger charge is 2.12. The number of carbonyl (C=O) groups is 1. The fourth-order valence-corrected chi connectivity index (χ4v) is 1.37. The lowest BCUT2D eigenvalue weighted by atomic mass is 10.1. The molecule has 0 radical (unpaired) electrons. The van der Waals surface area contributed by atoms with Crippen LogP contribution in [-0.2, 0) is 4.74 Å². The van der Waals surface area contributed by atoms with Gasteiger partial charge in [-0.25, -0.2) is 9.18 Å². The molecule has 0 heterocycles. The standard InChI is InChI=1S/C12H16FNO2/c1-14(2)8-11(13)9-4-6-10(7-5-9)12(15)16-3/h4-7,11H,8H2,1-3H3. The normalized spacial score (nSPS) is 12.6. The van der Waals surface area contributed by atoms with Gasteiger partial charge in [0.25, 0.3) is 0 Å². The zero-order valence-electron chi connectivity index (χ0n) is 9.74. The van der Waals surface area contributed by atoms with Crippen molar-refractivity contribution < 1.29 is 13.9 Å². The van der Waals surface area contributed by atoms with Crippen LogP contribution in [0.15, 0.2) is 24.3 Å². The molecule has 1 atom stereocenters. The zero-order valence-corrected chi connectivity index (χ0v) is 9.74. The third kappa shape index (κ3) is 3.31. The number of methoxy groups -OCH3 is 1. The van der Waals surface area contributed by atoms with Crippen LogP contribution in [0, 0.1) is 0 Å². The largest absolute Gasteiger partial charge is 0.465 e. The summed E-state index contributed by atoms with van der Waals surface area (Å²) >= 11 is 0. The highest BCUT2D eigenvalue weighted by atomic mass is 19.1. The Morgan fingerprint density at radius 3 is 2.38 bits per heavy atom. The van der Waals surface area contributed by atoms with E-state index in [1.54, 1.807) is 29.2 Å². The first-order chi connectivity index (χ1) is 7.54. The third-order valence-electron chi connectivity index (χ3n) is 2.22. The molecule has 0 saturated carbocycles. The van der Waals surface area contributed by atoms with Crippen molar-refractivity contribution in [2.45, 2.75) is 6.17 Å². The van der Waals surface area contributed by atoms with Crippen LogP contribution in [0.4, 0.5) is 4.39 Å². The van der Waals surface area contributed by atoms with E-state index in [1.165, 1.54) is 7.11 Å². The van der Waals surface area contributed by atoms with Crippen molar-refractivity contribution in [3.05, 3.63) is 35.4 Å². The second-order valence-corrected chi connectivity index (χ2v) is 3.84. The van der Waals surface area contributed by atoms with Gasteiger partial charge in [-0.05, 0) is 31.8 Å². The Morgan fingerprint density at radius 2 is 1.94 bits per heavy atom. The highest BCUT2D eigenvalue weighted by Crippen LogP contribution is 2.18. The molecule has 3 nitrogen and oxygen atoms in total. The average molecular weight is 225 g/mol. The maximum Gasteiger partial charge on any atom is 0.337 e. The van der Waals surface area contributed by atoms with Crippen molar-refractivity contribution in [2.24, 2.45) is 0 Å². The number of nitrogens with zero attached hydrogens (tertiary/aromatic N) is 1. The summed E-state index contributed by atoms with van der Waals surface area (Å²) in [5.74, 6) is -0.408. The lowest BCUT2D eigenvalue weighted by Gasteiger charge is -2.14. The van der Waals surface area contributed by atoms with Crippen molar-refractivity contribution in [1.29, 1.82) is 0 Å². The average Bonchev–Trinajstić information content (AvgIpc) is 2.27. The number of halogens is 1. The molecule has 0 N–H and O–H groups in total. The van der Waals surface area contributed by atoms with E-state index in [9.17, 15) is 9.18 Å². The summed E-state index contributed by atoms with van der Waals surface area (Å²) < 4.78 is 18.2. The zero-order chi connectivity index (χ0) is 12.1. The van der Waals surface area contributed by atoms with Gasteiger partial charge >= 0.3 is 5.97 Å². The molecule has 0 fully saturated rings. The molecular weight excluding hydrogens is 209 g/mol. The summed E-state index contributed by atoms with van der Waals surface area (Å²) in [7, 11) is 4.95. The Labute approximate surface area is 94.8 Å². The van der Waals surface area contributed by atoms with Crippen LogP contribution >= 0.6 is 0 Å². The first-order valence-electron chi connectivity index (χ1n) is 5.01. The number of hydrogen-bond donors (Lipinski definition) is 0. The van der Waals surface area contributed by atoms with Gasteiger partial charge in [-0.15, -0.1) is 0 Å². The molecule has 1 aromatic carbocycles. The maximum absolute atomic E-state index is 13.6. The van der Waals surface area contributed by atoms with Crippen LogP contribution < -0.4 is 0 Å². The molecule has 0 amide bonds. The van der Waals surface area contributed by atoms with E-state index in [2.05, 4.69) is 4.74 Å². The smallest absolute Gasteiger partial charge is 0.337 e. The third-order valence-corrected chi connectivity index (χ3v) is 2.22. The molecule has 0 aliphatic rings. The van der Waals surface area contributed by atoms with Gasteiger partial charge in [-0.1, -0.05) is 12.1 Å². The molecule has 0 aliphatic heterocycles. The molecule has 0 aliphatic carbocycles. The summed E-state index contributed by atoms with van der Waals surface area (Å²) in [6.45, 7) is 0.331. The van der Waals surface area contributed by atoms with Gasteiger partial charge in [0.1, 0.15) is 6.17 Å². The molecule has 1 rings (SSSR count). The molecule has 16 heavy (non-hydrogen) atoms. The topological polar surface area (TPSA) is 29.5 Å². The summed E-state index contributed by atoms with van der Waals surface area (Å²) in [5.41, 5.74) is 1.00. The van der Waals surface area contributed by atoms with Gasteiger partial charge in [0, 0.05) is 6.54 Å². The Kier molecular flexibility index (Phi) is 4.43. The van der Waals surface area contributed by atoms with E-state index in [1.807, 2.05) is 14.1 Å². The van der Waals surface area contributed by atoms with Crippen molar-refractivity contribution >= 4 is 5.97 Å². The number of esters is 1. The first kappa shape index (κ1) is 12.6. The SMILES string of the molecule is COC(=O)c1ccc(C(F)CN(C)C)cc1. The van der Waals surface area contributed by atoms with E-state index in [0.29, 0.717) is 17.7 Å². The minimum Gasteiger partial charge on any atom is -0.465 e. The maximum atomic E-state index is 13.6. The van der Waals surface area contributed by atoms with Crippen molar-refractivity contribution in [3.63, 3.8) is 0 Å². The second kappa shape index (κ2) is 5.61. The van der Waals surface area contributed by atoms with E-state index < -0.39 is 12.1 Å². The van der Waals surface area contributed by atoms with Gasteiger partial charge in [0.15, 0.2) is 0 Å². The molecular formula is C12H16FNO2. The molecule has 1 unspecified atom stereocenters. The minimum atomic E-state index is -1.04. The van der Waals surface area contributed by atoms with Crippen molar-refractivity contribution in [1.82, 2.24) is 4.90 Å². The van der Waals surface area contributed by atoms with Crippen LogP contribution in [0.25, 0.3) is 0 Å². The van der Waals surface area contributed by atoms with Crippen LogP contribution in [0.1, 0.15) is 22.1 Å². The van der Waals surface area contributed by atoms with Gasteiger partial charge in [0.2, 0.25) is 0 Å². The quantitative estimate of drug-likeness (QED) is 0.734. The number of hydrogen-bond acceptors (Lipinski definition) is 3. The molecule has 0 spiro atoms. The van der Waals surface area contributed by atoms with Gasteiger partial charge in [-0.3, -0.25) is 0 Å². The Bertz CT molecular complexity index is 349. The molecule has 1 aromatic rings. The van der Waals surface area contributed by atoms with Crippen LogP contribution in [0.5, 0.6) is 0 Å². The molecule has 4 heteroatoms. The lowest BCUT2D eigenvalue weighted by Crippen LogP contribution is -2.17. The number of ether oxygens (including phenoxy) is 1. The van der Waals surface area contributed by atoms with E-state index in [0.717, 1.165) is 0 Å². The van der Waals surface area contributed by atoms with E-state index >= 15 is 0 Å². The van der Waals surface area contributed by atoms with Crippen LogP contribution in [0.2, 0.25) is 0 Å². The van der Waals surface area contributed by atoms with E-state index in [4.69, 9.17) is 0 Å². The van der Waals surface area contributed by atoms with E-state index in [-0.39, 0.29) is 0 Å². The van der Waals surface area contributed by atoms with Gasteiger partial charge in [0.05, 0.1) is 12.7 Å².